The van der Waals surface area contributed by atoms with E-state index in [4.69, 9.17) is 22.3 Å². The zero-order chi connectivity index (χ0) is 21.1. The Morgan fingerprint density at radius 3 is 2.45 bits per heavy atom. The number of aromatic nitrogens is 3. The van der Waals surface area contributed by atoms with Crippen molar-refractivity contribution in [2.75, 3.05) is 0 Å². The third kappa shape index (κ3) is 4.46. The average molecular weight is 412 g/mol. The number of carbonyl (C=O) groups excluding carboxylic acids is 1. The summed E-state index contributed by atoms with van der Waals surface area (Å²) < 4.78 is 1.97. The van der Waals surface area contributed by atoms with E-state index in [9.17, 15) is 9.90 Å². The van der Waals surface area contributed by atoms with Gasteiger partial charge in [-0.3, -0.25) is 14.4 Å². The van der Waals surface area contributed by atoms with Crippen molar-refractivity contribution in [1.29, 1.82) is 0 Å². The van der Waals surface area contributed by atoms with E-state index in [1.807, 2.05) is 41.8 Å². The van der Waals surface area contributed by atoms with E-state index in [1.165, 1.54) is 0 Å². The molecule has 0 unspecified atom stereocenters. The molecule has 1 amide bonds. The highest BCUT2D eigenvalue weighted by Crippen LogP contribution is 2.28. The Balaban J connectivity index is 0.000000353. The van der Waals surface area contributed by atoms with Crippen LogP contribution in [0, 0.1) is 12.8 Å². The van der Waals surface area contributed by atoms with Crippen LogP contribution >= 0.6 is 11.6 Å². The molecule has 0 bridgehead atoms. The van der Waals surface area contributed by atoms with Crippen LogP contribution in [0.1, 0.15) is 36.6 Å². The molecule has 0 atom stereocenters. The lowest BCUT2D eigenvalue weighted by atomic mass is 10.00. The molecule has 3 aromatic rings. The molecule has 7 nitrogen and oxygen atoms in total. The number of hydrogen-bond donors (Lipinski definition) is 2. The van der Waals surface area contributed by atoms with Gasteiger partial charge in [-0.25, -0.2) is 0 Å². The van der Waals surface area contributed by atoms with E-state index < -0.39 is 0 Å². The zero-order valence-corrected chi connectivity index (χ0v) is 17.2. The number of primary amides is 1. The molecule has 1 aromatic heterocycles. The fourth-order valence-corrected chi connectivity index (χ4v) is 2.95. The first kappa shape index (κ1) is 20.5. The molecule has 4 rings (SSSR count). The van der Waals surface area contributed by atoms with E-state index in [0.29, 0.717) is 11.6 Å². The van der Waals surface area contributed by atoms with Crippen LogP contribution in [0.2, 0.25) is 5.02 Å². The van der Waals surface area contributed by atoms with Crippen LogP contribution in [0.15, 0.2) is 47.5 Å². The van der Waals surface area contributed by atoms with Crippen molar-refractivity contribution in [3.05, 3.63) is 70.3 Å². The minimum atomic E-state index is -0.241. The number of amides is 1. The average Bonchev–Trinajstić information content (AvgIpc) is 2.96. The number of aryl methyl sites for hydroxylation is 1. The first-order valence-corrected chi connectivity index (χ1v) is 9.50. The molecule has 0 saturated heterocycles. The molecule has 0 saturated carbocycles. The standard InChI is InChI=1S/C17H13ClN4O.C4H9NO/c1-10-20-21-16-9-19-17(11-2-4-12(18)5-3-11)14-8-13(23)6-7-15(14)22(10)16;1-3(2)4(5)6/h2-8,23H,9H2,1H3;3H,1-2H3,(H2,5,6). The van der Waals surface area contributed by atoms with Crippen LogP contribution in [0.4, 0.5) is 0 Å². The summed E-state index contributed by atoms with van der Waals surface area (Å²) in [4.78, 5) is 14.6. The summed E-state index contributed by atoms with van der Waals surface area (Å²) in [5, 5.41) is 18.9. The minimum Gasteiger partial charge on any atom is -0.508 e. The molecule has 2 heterocycles. The van der Waals surface area contributed by atoms with Gasteiger partial charge in [-0.1, -0.05) is 37.6 Å². The lowest BCUT2D eigenvalue weighted by Crippen LogP contribution is -2.17. The van der Waals surface area contributed by atoms with Gasteiger partial charge >= 0.3 is 0 Å². The normalized spacial score (nSPS) is 12.2. The maximum Gasteiger partial charge on any atom is 0.219 e. The monoisotopic (exact) mass is 411 g/mol. The van der Waals surface area contributed by atoms with Crippen LogP contribution in [-0.4, -0.2) is 31.5 Å². The molecule has 29 heavy (non-hydrogen) atoms. The fraction of sp³-hybridized carbons (Fsp3) is 0.238. The molecular weight excluding hydrogens is 390 g/mol. The molecule has 2 aromatic carbocycles. The molecule has 0 fully saturated rings. The SMILES string of the molecule is CC(C)C(N)=O.Cc1nnc2n1-c1ccc(O)cc1C(c1ccc(Cl)cc1)=NC2. The molecule has 0 spiro atoms. The topological polar surface area (TPSA) is 106 Å². The number of halogens is 1. The molecule has 0 radical (unpaired) electrons. The smallest absolute Gasteiger partial charge is 0.219 e. The predicted molar refractivity (Wildman–Crippen MR) is 113 cm³/mol. The summed E-state index contributed by atoms with van der Waals surface area (Å²) in [6.07, 6.45) is 0. The van der Waals surface area contributed by atoms with Gasteiger partial charge in [-0.05, 0) is 37.3 Å². The second kappa shape index (κ2) is 8.45. The van der Waals surface area contributed by atoms with Crippen LogP contribution in [0.25, 0.3) is 5.69 Å². The van der Waals surface area contributed by atoms with Gasteiger partial charge in [0.1, 0.15) is 18.1 Å². The quantitative estimate of drug-likeness (QED) is 0.673. The molecular formula is C21H22ClN5O2. The van der Waals surface area contributed by atoms with Crippen molar-refractivity contribution < 1.29 is 9.90 Å². The largest absolute Gasteiger partial charge is 0.508 e. The Labute approximate surface area is 173 Å². The number of aromatic hydroxyl groups is 1. The molecule has 3 N–H and O–H groups in total. The highest BCUT2D eigenvalue weighted by Gasteiger charge is 2.21. The lowest BCUT2D eigenvalue weighted by Gasteiger charge is -2.13. The highest BCUT2D eigenvalue weighted by molar-refractivity contribution is 6.30. The summed E-state index contributed by atoms with van der Waals surface area (Å²) in [5.74, 6) is 1.51. The van der Waals surface area contributed by atoms with Crippen LogP contribution in [0.3, 0.4) is 0 Å². The lowest BCUT2D eigenvalue weighted by molar-refractivity contribution is -0.120. The van der Waals surface area contributed by atoms with Gasteiger partial charge in [0.25, 0.3) is 0 Å². The van der Waals surface area contributed by atoms with Gasteiger partial charge in [0.05, 0.1) is 11.4 Å². The Morgan fingerprint density at radius 1 is 1.17 bits per heavy atom. The second-order valence-corrected chi connectivity index (χ2v) is 7.37. The van der Waals surface area contributed by atoms with Crippen molar-refractivity contribution in [2.45, 2.75) is 27.3 Å². The summed E-state index contributed by atoms with van der Waals surface area (Å²) in [7, 11) is 0. The third-order valence-corrected chi connectivity index (χ3v) is 4.69. The second-order valence-electron chi connectivity index (χ2n) is 6.93. The number of rotatable bonds is 2. The van der Waals surface area contributed by atoms with E-state index in [1.54, 1.807) is 26.0 Å². The van der Waals surface area contributed by atoms with Crippen molar-refractivity contribution >= 4 is 23.2 Å². The number of phenols is 1. The van der Waals surface area contributed by atoms with E-state index in [2.05, 4.69) is 10.2 Å². The molecule has 0 aliphatic carbocycles. The first-order chi connectivity index (χ1) is 13.8. The van der Waals surface area contributed by atoms with Gasteiger partial charge in [-0.15, -0.1) is 10.2 Å². The number of nitrogens with two attached hydrogens (primary N) is 1. The Bertz CT molecular complexity index is 1070. The number of phenolic OH excluding ortho intramolecular Hbond substituents is 1. The van der Waals surface area contributed by atoms with Crippen molar-refractivity contribution in [3.63, 3.8) is 0 Å². The number of fused-ring (bicyclic) bond motifs is 3. The maximum absolute atomic E-state index is 9.94. The molecule has 1 aliphatic heterocycles. The number of nitrogens with zero attached hydrogens (tertiary/aromatic N) is 4. The molecule has 150 valence electrons. The van der Waals surface area contributed by atoms with Crippen molar-refractivity contribution in [2.24, 2.45) is 16.6 Å². The van der Waals surface area contributed by atoms with E-state index in [0.717, 1.165) is 34.2 Å². The summed E-state index contributed by atoms with van der Waals surface area (Å²) in [6, 6.07) is 12.8. The Hall–Kier alpha value is -3.19. The van der Waals surface area contributed by atoms with Gasteiger partial charge in [0, 0.05) is 22.1 Å². The summed E-state index contributed by atoms with van der Waals surface area (Å²) >= 11 is 5.98. The minimum absolute atomic E-state index is 0.00926. The first-order valence-electron chi connectivity index (χ1n) is 9.12. The van der Waals surface area contributed by atoms with Crippen LogP contribution in [-0.2, 0) is 11.3 Å². The number of aliphatic imine (C=N–C) groups is 1. The predicted octanol–water partition coefficient (Wildman–Crippen LogP) is 3.41. The van der Waals surface area contributed by atoms with Crippen LogP contribution in [0.5, 0.6) is 5.75 Å². The summed E-state index contributed by atoms with van der Waals surface area (Å²) in [5.41, 5.74) is 8.29. The summed E-state index contributed by atoms with van der Waals surface area (Å²) in [6.45, 7) is 5.86. The van der Waals surface area contributed by atoms with Crippen LogP contribution < -0.4 is 5.73 Å². The Morgan fingerprint density at radius 2 is 1.83 bits per heavy atom. The van der Waals surface area contributed by atoms with E-state index >= 15 is 0 Å². The molecule has 1 aliphatic rings. The fourth-order valence-electron chi connectivity index (χ4n) is 2.82. The van der Waals surface area contributed by atoms with Gasteiger partial charge < -0.3 is 10.8 Å². The number of benzene rings is 2. The van der Waals surface area contributed by atoms with Crippen molar-refractivity contribution in [1.82, 2.24) is 14.8 Å². The van der Waals surface area contributed by atoms with E-state index in [-0.39, 0.29) is 17.6 Å². The third-order valence-electron chi connectivity index (χ3n) is 4.43. The Kier molecular flexibility index (Phi) is 5.98. The van der Waals surface area contributed by atoms with Crippen molar-refractivity contribution in [3.8, 4) is 11.4 Å². The highest BCUT2D eigenvalue weighted by atomic mass is 35.5. The number of hydrogen-bond acceptors (Lipinski definition) is 5. The van der Waals surface area contributed by atoms with Gasteiger partial charge in [0.2, 0.25) is 5.91 Å². The molecule has 8 heteroatoms. The zero-order valence-electron chi connectivity index (χ0n) is 16.4. The number of carbonyl (C=O) groups is 1. The maximum atomic E-state index is 9.94. The van der Waals surface area contributed by atoms with Gasteiger partial charge in [-0.2, -0.15) is 0 Å². The van der Waals surface area contributed by atoms with Gasteiger partial charge in [0.15, 0.2) is 5.82 Å².